The first-order valence-electron chi connectivity index (χ1n) is 6.39. The molecule has 1 unspecified atom stereocenters. The minimum absolute atomic E-state index is 0.0611. The van der Waals surface area contributed by atoms with Gasteiger partial charge in [-0.2, -0.15) is 13.9 Å². The zero-order valence-electron chi connectivity index (χ0n) is 11.7. The maximum absolute atomic E-state index is 12.3. The molecule has 1 N–H and O–H groups in total. The normalized spacial score (nSPS) is 12.5. The molecule has 0 aliphatic carbocycles. The second-order valence-corrected chi connectivity index (χ2v) is 4.37. The van der Waals surface area contributed by atoms with E-state index in [1.807, 2.05) is 0 Å². The SMILES string of the molecule is CCOc1cc(C(O)c2cnn(C)c2)ccc1OC(F)F. The Hall–Kier alpha value is -2.15. The molecule has 0 amide bonds. The lowest BCUT2D eigenvalue weighted by molar-refractivity contribution is -0.0514. The Morgan fingerprint density at radius 1 is 1.29 bits per heavy atom. The first-order chi connectivity index (χ1) is 10.0. The molecule has 1 heterocycles. The second-order valence-electron chi connectivity index (χ2n) is 4.37. The van der Waals surface area contributed by atoms with Gasteiger partial charge in [0, 0.05) is 18.8 Å². The van der Waals surface area contributed by atoms with Crippen molar-refractivity contribution in [3.63, 3.8) is 0 Å². The quantitative estimate of drug-likeness (QED) is 0.890. The second kappa shape index (κ2) is 6.53. The predicted octanol–water partition coefficient (Wildman–Crippen LogP) is 2.50. The van der Waals surface area contributed by atoms with Crippen molar-refractivity contribution in [2.45, 2.75) is 19.6 Å². The third-order valence-corrected chi connectivity index (χ3v) is 2.84. The van der Waals surface area contributed by atoms with E-state index in [0.717, 1.165) is 0 Å². The number of ether oxygens (including phenoxy) is 2. The number of aryl methyl sites for hydroxylation is 1. The van der Waals surface area contributed by atoms with E-state index in [9.17, 15) is 13.9 Å². The van der Waals surface area contributed by atoms with Gasteiger partial charge >= 0.3 is 6.61 Å². The summed E-state index contributed by atoms with van der Waals surface area (Å²) >= 11 is 0. The Morgan fingerprint density at radius 3 is 2.62 bits per heavy atom. The number of rotatable bonds is 6. The molecule has 21 heavy (non-hydrogen) atoms. The molecule has 1 atom stereocenters. The van der Waals surface area contributed by atoms with Crippen LogP contribution in [0.15, 0.2) is 30.6 Å². The van der Waals surface area contributed by atoms with E-state index < -0.39 is 12.7 Å². The van der Waals surface area contributed by atoms with Crippen LogP contribution in [0.1, 0.15) is 24.2 Å². The lowest BCUT2D eigenvalue weighted by atomic mass is 10.0. The van der Waals surface area contributed by atoms with Crippen molar-refractivity contribution in [3.8, 4) is 11.5 Å². The molecule has 0 spiro atoms. The van der Waals surface area contributed by atoms with E-state index in [-0.39, 0.29) is 11.5 Å². The Balaban J connectivity index is 2.30. The molecule has 0 saturated heterocycles. The lowest BCUT2D eigenvalue weighted by Gasteiger charge is -2.15. The van der Waals surface area contributed by atoms with Gasteiger partial charge in [-0.25, -0.2) is 0 Å². The molecule has 7 heteroatoms. The summed E-state index contributed by atoms with van der Waals surface area (Å²) in [5, 5.41) is 14.3. The van der Waals surface area contributed by atoms with Crippen LogP contribution in [0.25, 0.3) is 0 Å². The van der Waals surface area contributed by atoms with Crippen molar-refractivity contribution in [1.82, 2.24) is 9.78 Å². The monoisotopic (exact) mass is 298 g/mol. The zero-order valence-corrected chi connectivity index (χ0v) is 11.7. The van der Waals surface area contributed by atoms with Gasteiger partial charge in [0.15, 0.2) is 11.5 Å². The maximum atomic E-state index is 12.3. The fraction of sp³-hybridized carbons (Fsp3) is 0.357. The van der Waals surface area contributed by atoms with Gasteiger partial charge in [0.05, 0.1) is 12.8 Å². The summed E-state index contributed by atoms with van der Waals surface area (Å²) < 4.78 is 35.9. The van der Waals surface area contributed by atoms with Crippen LogP contribution in [0.2, 0.25) is 0 Å². The molecule has 2 aromatic rings. The predicted molar refractivity (Wildman–Crippen MR) is 71.5 cm³/mol. The molecule has 0 bridgehead atoms. The van der Waals surface area contributed by atoms with Crippen LogP contribution in [0.5, 0.6) is 11.5 Å². The molecule has 1 aromatic heterocycles. The lowest BCUT2D eigenvalue weighted by Crippen LogP contribution is -2.06. The number of hydrogen-bond donors (Lipinski definition) is 1. The van der Waals surface area contributed by atoms with E-state index in [0.29, 0.717) is 17.7 Å². The van der Waals surface area contributed by atoms with Gasteiger partial charge in [-0.3, -0.25) is 4.68 Å². The molecule has 1 aromatic carbocycles. The summed E-state index contributed by atoms with van der Waals surface area (Å²) in [4.78, 5) is 0. The van der Waals surface area contributed by atoms with E-state index in [1.165, 1.54) is 24.4 Å². The van der Waals surface area contributed by atoms with Crippen molar-refractivity contribution >= 4 is 0 Å². The van der Waals surface area contributed by atoms with Crippen LogP contribution in [-0.2, 0) is 7.05 Å². The standard InChI is InChI=1S/C14H16F2N2O3/c1-3-20-12-6-9(4-5-11(12)21-14(15)16)13(19)10-7-17-18(2)8-10/h4-8,13-14,19H,3H2,1-2H3. The Bertz CT molecular complexity index is 602. The highest BCUT2D eigenvalue weighted by Crippen LogP contribution is 2.33. The number of nitrogens with zero attached hydrogens (tertiary/aromatic N) is 2. The summed E-state index contributed by atoms with van der Waals surface area (Å²) in [5.74, 6) is 0.104. The molecule has 114 valence electrons. The maximum Gasteiger partial charge on any atom is 0.387 e. The minimum atomic E-state index is -2.93. The largest absolute Gasteiger partial charge is 0.490 e. The van der Waals surface area contributed by atoms with Crippen LogP contribution >= 0.6 is 0 Å². The van der Waals surface area contributed by atoms with Gasteiger partial charge in [0.25, 0.3) is 0 Å². The summed E-state index contributed by atoms with van der Waals surface area (Å²) in [7, 11) is 1.74. The number of aromatic nitrogens is 2. The van der Waals surface area contributed by atoms with Crippen LogP contribution in [-0.4, -0.2) is 28.1 Å². The van der Waals surface area contributed by atoms with Crippen molar-refractivity contribution in [3.05, 3.63) is 41.7 Å². The number of alkyl halides is 2. The van der Waals surface area contributed by atoms with E-state index in [1.54, 1.807) is 24.9 Å². The number of aliphatic hydroxyl groups is 1. The summed E-state index contributed by atoms with van der Waals surface area (Å²) in [6.45, 7) is -0.902. The highest BCUT2D eigenvalue weighted by atomic mass is 19.3. The molecule has 5 nitrogen and oxygen atoms in total. The Labute approximate surface area is 120 Å². The summed E-state index contributed by atoms with van der Waals surface area (Å²) in [6.07, 6.45) is 2.29. The fourth-order valence-electron chi connectivity index (χ4n) is 1.93. The van der Waals surface area contributed by atoms with Crippen LogP contribution in [0, 0.1) is 0 Å². The van der Waals surface area contributed by atoms with E-state index in [4.69, 9.17) is 4.74 Å². The highest BCUT2D eigenvalue weighted by molar-refractivity contribution is 5.45. The van der Waals surface area contributed by atoms with Gasteiger partial charge in [-0.15, -0.1) is 0 Å². The number of aliphatic hydroxyl groups excluding tert-OH is 1. The Kier molecular flexibility index (Phi) is 4.74. The summed E-state index contributed by atoms with van der Waals surface area (Å²) in [6, 6.07) is 4.35. The average molecular weight is 298 g/mol. The molecule has 0 radical (unpaired) electrons. The van der Waals surface area contributed by atoms with Gasteiger partial charge in [0.1, 0.15) is 6.10 Å². The topological polar surface area (TPSA) is 56.5 Å². The number of benzene rings is 1. The van der Waals surface area contributed by atoms with Crippen molar-refractivity contribution in [2.75, 3.05) is 6.61 Å². The molecular weight excluding hydrogens is 282 g/mol. The van der Waals surface area contributed by atoms with E-state index in [2.05, 4.69) is 9.84 Å². The third kappa shape index (κ3) is 3.69. The molecule has 0 fully saturated rings. The number of halogens is 2. The molecule has 0 saturated carbocycles. The van der Waals surface area contributed by atoms with Crippen LogP contribution in [0.3, 0.4) is 0 Å². The van der Waals surface area contributed by atoms with Crippen molar-refractivity contribution in [1.29, 1.82) is 0 Å². The van der Waals surface area contributed by atoms with Gasteiger partial charge in [-0.05, 0) is 24.6 Å². The van der Waals surface area contributed by atoms with Crippen LogP contribution < -0.4 is 9.47 Å². The van der Waals surface area contributed by atoms with Gasteiger partial charge < -0.3 is 14.6 Å². The smallest absolute Gasteiger partial charge is 0.387 e. The van der Waals surface area contributed by atoms with Gasteiger partial charge in [-0.1, -0.05) is 6.07 Å². The van der Waals surface area contributed by atoms with Crippen molar-refractivity contribution < 1.29 is 23.4 Å². The minimum Gasteiger partial charge on any atom is -0.490 e. The van der Waals surface area contributed by atoms with Crippen molar-refractivity contribution in [2.24, 2.45) is 7.05 Å². The van der Waals surface area contributed by atoms with Gasteiger partial charge in [0.2, 0.25) is 0 Å². The number of hydrogen-bond acceptors (Lipinski definition) is 4. The molecule has 0 aliphatic rings. The fourth-order valence-corrected chi connectivity index (χ4v) is 1.93. The average Bonchev–Trinajstić information content (AvgIpc) is 2.86. The molecule has 2 rings (SSSR count). The summed E-state index contributed by atoms with van der Waals surface area (Å²) in [5.41, 5.74) is 1.11. The van der Waals surface area contributed by atoms with E-state index >= 15 is 0 Å². The van der Waals surface area contributed by atoms with Crippen LogP contribution in [0.4, 0.5) is 8.78 Å². The Morgan fingerprint density at radius 2 is 2.05 bits per heavy atom. The first kappa shape index (κ1) is 15.2. The molecule has 0 aliphatic heterocycles. The first-order valence-corrected chi connectivity index (χ1v) is 6.39. The molecular formula is C14H16F2N2O3. The highest BCUT2D eigenvalue weighted by Gasteiger charge is 2.17. The third-order valence-electron chi connectivity index (χ3n) is 2.84. The zero-order chi connectivity index (χ0) is 15.4.